The van der Waals surface area contributed by atoms with Crippen molar-refractivity contribution < 1.29 is 9.59 Å². The van der Waals surface area contributed by atoms with Crippen LogP contribution >= 0.6 is 11.8 Å². The second-order valence-corrected chi connectivity index (χ2v) is 4.52. The third-order valence-electron chi connectivity index (χ3n) is 2.10. The summed E-state index contributed by atoms with van der Waals surface area (Å²) < 4.78 is 0. The number of aromatic amines is 1. The summed E-state index contributed by atoms with van der Waals surface area (Å²) in [5.74, 6) is -0.259. The van der Waals surface area contributed by atoms with Crippen LogP contribution in [0.5, 0.6) is 0 Å². The first kappa shape index (κ1) is 13.2. The first-order valence-electron chi connectivity index (χ1n) is 5.52. The lowest BCUT2D eigenvalue weighted by Crippen LogP contribution is -2.35. The predicted molar refractivity (Wildman–Crippen MR) is 72.9 cm³/mol. The van der Waals surface area contributed by atoms with Crippen LogP contribution in [0.2, 0.25) is 0 Å². The quantitative estimate of drug-likeness (QED) is 0.744. The van der Waals surface area contributed by atoms with E-state index in [1.54, 1.807) is 36.7 Å². The van der Waals surface area contributed by atoms with Crippen LogP contribution < -0.4 is 10.6 Å². The molecule has 6 nitrogen and oxygen atoms in total. The highest BCUT2D eigenvalue weighted by Crippen LogP contribution is 2.10. The van der Waals surface area contributed by atoms with Crippen LogP contribution in [0.25, 0.3) is 0 Å². The van der Waals surface area contributed by atoms with Gasteiger partial charge in [0, 0.05) is 18.1 Å². The molecule has 0 radical (unpaired) electrons. The van der Waals surface area contributed by atoms with E-state index < -0.39 is 6.03 Å². The summed E-state index contributed by atoms with van der Waals surface area (Å²) in [5.41, 5.74) is 0.631. The van der Waals surface area contributed by atoms with Crippen molar-refractivity contribution in [3.8, 4) is 0 Å². The molecule has 1 aromatic carbocycles. The van der Waals surface area contributed by atoms with Gasteiger partial charge in [-0.15, -0.1) is 0 Å². The van der Waals surface area contributed by atoms with E-state index >= 15 is 0 Å². The van der Waals surface area contributed by atoms with E-state index in [1.807, 2.05) is 6.07 Å². The van der Waals surface area contributed by atoms with Crippen LogP contribution in [0.3, 0.4) is 0 Å². The number of urea groups is 1. The minimum atomic E-state index is -0.545. The number of amides is 3. The molecule has 0 aliphatic carbocycles. The van der Waals surface area contributed by atoms with Crippen molar-refractivity contribution in [3.05, 3.63) is 42.7 Å². The molecule has 1 heterocycles. The molecule has 19 heavy (non-hydrogen) atoms. The van der Waals surface area contributed by atoms with E-state index in [0.29, 0.717) is 10.8 Å². The van der Waals surface area contributed by atoms with Crippen LogP contribution in [0, 0.1) is 0 Å². The van der Waals surface area contributed by atoms with Crippen molar-refractivity contribution in [1.82, 2.24) is 15.3 Å². The molecule has 2 aromatic rings. The first-order chi connectivity index (χ1) is 9.24. The number of thioether (sulfide) groups is 1. The molecule has 0 aliphatic heterocycles. The number of rotatable bonds is 4. The molecule has 3 N–H and O–H groups in total. The average Bonchev–Trinajstić information content (AvgIpc) is 2.90. The number of carbonyl (C=O) groups is 2. The number of hydrogen-bond donors (Lipinski definition) is 3. The van der Waals surface area contributed by atoms with Crippen LogP contribution in [0.1, 0.15) is 0 Å². The fourth-order valence-corrected chi connectivity index (χ4v) is 1.94. The maximum Gasteiger partial charge on any atom is 0.325 e. The molecule has 0 bridgehead atoms. The molecule has 7 heteroatoms. The van der Waals surface area contributed by atoms with E-state index in [2.05, 4.69) is 20.6 Å². The number of imide groups is 1. The van der Waals surface area contributed by atoms with Crippen LogP contribution in [-0.2, 0) is 4.79 Å². The number of carbonyl (C=O) groups excluding carboxylic acids is 2. The van der Waals surface area contributed by atoms with Crippen molar-refractivity contribution in [1.29, 1.82) is 0 Å². The lowest BCUT2D eigenvalue weighted by Gasteiger charge is -2.05. The van der Waals surface area contributed by atoms with E-state index in [-0.39, 0.29) is 11.7 Å². The van der Waals surface area contributed by atoms with Crippen LogP contribution in [0.15, 0.2) is 47.9 Å². The number of aromatic nitrogens is 2. The Kier molecular flexibility index (Phi) is 4.57. The summed E-state index contributed by atoms with van der Waals surface area (Å²) >= 11 is 1.22. The van der Waals surface area contributed by atoms with Gasteiger partial charge in [0.25, 0.3) is 0 Å². The Bertz CT molecular complexity index is 542. The fourth-order valence-electron chi connectivity index (χ4n) is 1.31. The normalized spacial score (nSPS) is 9.89. The summed E-state index contributed by atoms with van der Waals surface area (Å²) in [4.78, 5) is 29.8. The highest BCUT2D eigenvalue weighted by atomic mass is 32.2. The van der Waals surface area contributed by atoms with Gasteiger partial charge in [0.2, 0.25) is 5.91 Å². The SMILES string of the molecule is O=C(CSc1ncc[nH]1)NC(=O)Nc1ccccc1. The van der Waals surface area contributed by atoms with Crippen molar-refractivity contribution in [2.45, 2.75) is 5.16 Å². The molecule has 0 atom stereocenters. The number of hydrogen-bond acceptors (Lipinski definition) is 4. The van der Waals surface area contributed by atoms with Gasteiger partial charge < -0.3 is 10.3 Å². The Hall–Kier alpha value is -2.28. The number of benzene rings is 1. The minimum absolute atomic E-state index is 0.121. The standard InChI is InChI=1S/C12H12N4O2S/c17-10(8-19-12-13-6-7-14-12)16-11(18)15-9-4-2-1-3-5-9/h1-7H,8H2,(H,13,14)(H2,15,16,17,18). The minimum Gasteiger partial charge on any atom is -0.340 e. The zero-order chi connectivity index (χ0) is 13.5. The van der Waals surface area contributed by atoms with Gasteiger partial charge in [-0.2, -0.15) is 0 Å². The van der Waals surface area contributed by atoms with E-state index in [9.17, 15) is 9.59 Å². The molecule has 98 valence electrons. The van der Waals surface area contributed by atoms with Crippen molar-refractivity contribution in [3.63, 3.8) is 0 Å². The zero-order valence-electron chi connectivity index (χ0n) is 9.92. The zero-order valence-corrected chi connectivity index (χ0v) is 10.7. The second kappa shape index (κ2) is 6.60. The molecule has 1 aromatic heterocycles. The topological polar surface area (TPSA) is 86.9 Å². The highest BCUT2D eigenvalue weighted by Gasteiger charge is 2.08. The number of anilines is 1. The monoisotopic (exact) mass is 276 g/mol. The van der Waals surface area contributed by atoms with Gasteiger partial charge in [-0.1, -0.05) is 30.0 Å². The predicted octanol–water partition coefficient (Wildman–Crippen LogP) is 1.85. The fraction of sp³-hybridized carbons (Fsp3) is 0.0833. The molecular weight excluding hydrogens is 264 g/mol. The van der Waals surface area contributed by atoms with E-state index in [0.717, 1.165) is 0 Å². The number of nitrogens with zero attached hydrogens (tertiary/aromatic N) is 1. The maximum atomic E-state index is 11.5. The largest absolute Gasteiger partial charge is 0.340 e. The molecule has 2 rings (SSSR count). The lowest BCUT2D eigenvalue weighted by atomic mass is 10.3. The van der Waals surface area contributed by atoms with E-state index in [4.69, 9.17) is 0 Å². The second-order valence-electron chi connectivity index (χ2n) is 3.55. The molecule has 0 fully saturated rings. The average molecular weight is 276 g/mol. The first-order valence-corrected chi connectivity index (χ1v) is 6.50. The Balaban J connectivity index is 1.74. The Morgan fingerprint density at radius 2 is 2.05 bits per heavy atom. The summed E-state index contributed by atoms with van der Waals surface area (Å²) in [6.07, 6.45) is 3.27. The van der Waals surface area contributed by atoms with E-state index in [1.165, 1.54) is 11.8 Å². The molecule has 0 aliphatic rings. The Morgan fingerprint density at radius 3 is 2.74 bits per heavy atom. The van der Waals surface area contributed by atoms with Crippen molar-refractivity contribution in [2.24, 2.45) is 0 Å². The summed E-state index contributed by atoms with van der Waals surface area (Å²) in [5, 5.41) is 5.44. The van der Waals surface area contributed by atoms with Gasteiger partial charge in [-0.25, -0.2) is 9.78 Å². The molecule has 0 saturated heterocycles. The van der Waals surface area contributed by atoms with Crippen LogP contribution in [0.4, 0.5) is 10.5 Å². The van der Waals surface area contributed by atoms with Crippen molar-refractivity contribution in [2.75, 3.05) is 11.1 Å². The maximum absolute atomic E-state index is 11.5. The summed E-state index contributed by atoms with van der Waals surface area (Å²) in [6.45, 7) is 0. The third-order valence-corrected chi connectivity index (χ3v) is 3.00. The number of nitrogens with one attached hydrogen (secondary N) is 3. The lowest BCUT2D eigenvalue weighted by molar-refractivity contribution is -0.117. The molecule has 3 amide bonds. The van der Waals surface area contributed by atoms with Crippen LogP contribution in [-0.4, -0.2) is 27.7 Å². The van der Waals surface area contributed by atoms with Gasteiger partial charge >= 0.3 is 6.03 Å². The van der Waals surface area contributed by atoms with Gasteiger partial charge in [0.1, 0.15) is 0 Å². The number of imidazole rings is 1. The van der Waals surface area contributed by atoms with Gasteiger partial charge in [-0.05, 0) is 12.1 Å². The third kappa shape index (κ3) is 4.47. The smallest absolute Gasteiger partial charge is 0.325 e. The Labute approximate surface area is 114 Å². The van der Waals surface area contributed by atoms with Gasteiger partial charge in [0.15, 0.2) is 5.16 Å². The number of para-hydroxylation sites is 1. The Morgan fingerprint density at radius 1 is 1.26 bits per heavy atom. The summed E-state index contributed by atoms with van der Waals surface area (Å²) in [7, 11) is 0. The molecule has 0 unspecified atom stereocenters. The highest BCUT2D eigenvalue weighted by molar-refractivity contribution is 7.99. The van der Waals surface area contributed by atoms with Gasteiger partial charge in [-0.3, -0.25) is 10.1 Å². The molecular formula is C12H12N4O2S. The van der Waals surface area contributed by atoms with Crippen molar-refractivity contribution >= 4 is 29.4 Å². The molecule has 0 saturated carbocycles. The summed E-state index contributed by atoms with van der Waals surface area (Å²) in [6, 6.07) is 8.36. The van der Waals surface area contributed by atoms with Gasteiger partial charge in [0.05, 0.1) is 5.75 Å². The molecule has 0 spiro atoms. The number of H-pyrrole nitrogens is 1.